The van der Waals surface area contributed by atoms with Crippen molar-refractivity contribution in [1.29, 1.82) is 0 Å². The molecule has 2 aromatic rings. The molecule has 0 aliphatic heterocycles. The molecule has 2 heterocycles. The van der Waals surface area contributed by atoms with Crippen LogP contribution in [0.15, 0.2) is 17.0 Å². The number of aromatic amines is 1. The standard InChI is InChI=1S/C13H15N3O3S2/c1-9-13(10(2)16-15-9)21(18,19)14-8-12-6-5-11(20-12)4-3-7-17/h5-6,14,17H,7-8H2,1-2H3,(H,15,16). The normalized spacial score (nSPS) is 11.2. The molecule has 112 valence electrons. The number of hydrogen-bond acceptors (Lipinski definition) is 5. The third-order valence-electron chi connectivity index (χ3n) is 2.72. The van der Waals surface area contributed by atoms with E-state index in [0.717, 1.165) is 9.75 Å². The van der Waals surface area contributed by atoms with Gasteiger partial charge in [-0.15, -0.1) is 11.3 Å². The number of hydrogen-bond donors (Lipinski definition) is 3. The van der Waals surface area contributed by atoms with Crippen LogP contribution >= 0.6 is 11.3 Å². The molecule has 2 rings (SSSR count). The van der Waals surface area contributed by atoms with Gasteiger partial charge in [-0.2, -0.15) is 5.10 Å². The maximum Gasteiger partial charge on any atom is 0.244 e. The third kappa shape index (κ3) is 3.71. The van der Waals surface area contributed by atoms with E-state index in [0.29, 0.717) is 11.4 Å². The first-order valence-corrected chi connectivity index (χ1v) is 8.43. The van der Waals surface area contributed by atoms with Crippen LogP contribution in [-0.2, 0) is 16.6 Å². The average molecular weight is 325 g/mol. The Hall–Kier alpha value is -1.66. The SMILES string of the molecule is Cc1n[nH]c(C)c1S(=O)(=O)NCc1ccc(C#CCO)s1. The molecule has 0 spiro atoms. The molecule has 0 amide bonds. The number of aryl methyl sites for hydroxylation is 2. The second kappa shape index (κ2) is 6.41. The molecule has 0 bridgehead atoms. The zero-order valence-electron chi connectivity index (χ0n) is 11.6. The van der Waals surface area contributed by atoms with Crippen molar-refractivity contribution in [3.8, 4) is 11.8 Å². The first-order chi connectivity index (χ1) is 9.94. The number of sulfonamides is 1. The van der Waals surface area contributed by atoms with E-state index >= 15 is 0 Å². The van der Waals surface area contributed by atoms with Gasteiger partial charge in [-0.3, -0.25) is 5.10 Å². The fraction of sp³-hybridized carbons (Fsp3) is 0.308. The van der Waals surface area contributed by atoms with E-state index < -0.39 is 10.0 Å². The van der Waals surface area contributed by atoms with Crippen LogP contribution in [0.5, 0.6) is 0 Å². The Labute approximate surface area is 127 Å². The minimum atomic E-state index is -3.60. The van der Waals surface area contributed by atoms with E-state index in [1.54, 1.807) is 19.9 Å². The molecule has 0 fully saturated rings. The van der Waals surface area contributed by atoms with Gasteiger partial charge in [0.15, 0.2) is 0 Å². The quantitative estimate of drug-likeness (QED) is 0.728. The van der Waals surface area contributed by atoms with Crippen LogP contribution < -0.4 is 4.72 Å². The molecule has 0 unspecified atom stereocenters. The molecule has 0 atom stereocenters. The highest BCUT2D eigenvalue weighted by molar-refractivity contribution is 7.89. The topological polar surface area (TPSA) is 95.1 Å². The average Bonchev–Trinajstić information content (AvgIpc) is 3.01. The fourth-order valence-electron chi connectivity index (χ4n) is 1.84. The summed E-state index contributed by atoms with van der Waals surface area (Å²) in [5.41, 5.74) is 0.960. The van der Waals surface area contributed by atoms with Crippen LogP contribution in [0, 0.1) is 25.7 Å². The van der Waals surface area contributed by atoms with Gasteiger partial charge in [0.05, 0.1) is 16.3 Å². The molecule has 0 saturated carbocycles. The lowest BCUT2D eigenvalue weighted by Gasteiger charge is -2.05. The molecule has 21 heavy (non-hydrogen) atoms. The number of nitrogens with one attached hydrogen (secondary N) is 2. The third-order valence-corrected chi connectivity index (χ3v) is 5.38. The Bertz CT molecular complexity index is 775. The van der Waals surface area contributed by atoms with E-state index in [2.05, 4.69) is 26.8 Å². The minimum absolute atomic E-state index is 0.192. The molecule has 3 N–H and O–H groups in total. The highest BCUT2D eigenvalue weighted by Gasteiger charge is 2.21. The Morgan fingerprint density at radius 2 is 2.19 bits per heavy atom. The molecule has 0 saturated heterocycles. The van der Waals surface area contributed by atoms with Gasteiger partial charge in [0.1, 0.15) is 11.5 Å². The second-order valence-corrected chi connectivity index (χ2v) is 7.19. The Morgan fingerprint density at radius 1 is 1.43 bits per heavy atom. The highest BCUT2D eigenvalue weighted by atomic mass is 32.2. The van der Waals surface area contributed by atoms with Gasteiger partial charge in [-0.05, 0) is 26.0 Å². The second-order valence-electron chi connectivity index (χ2n) is 4.31. The van der Waals surface area contributed by atoms with Crippen molar-refractivity contribution in [3.63, 3.8) is 0 Å². The molecular formula is C13H15N3O3S2. The van der Waals surface area contributed by atoms with Gasteiger partial charge in [0.25, 0.3) is 0 Å². The van der Waals surface area contributed by atoms with Crippen molar-refractivity contribution in [2.75, 3.05) is 6.61 Å². The smallest absolute Gasteiger partial charge is 0.244 e. The van der Waals surface area contributed by atoms with E-state index in [-0.39, 0.29) is 18.0 Å². The number of rotatable bonds is 4. The van der Waals surface area contributed by atoms with Crippen molar-refractivity contribution in [2.45, 2.75) is 25.3 Å². The van der Waals surface area contributed by atoms with Gasteiger partial charge in [0.2, 0.25) is 10.0 Å². The monoisotopic (exact) mass is 325 g/mol. The summed E-state index contributed by atoms with van der Waals surface area (Å²) in [5, 5.41) is 15.2. The zero-order chi connectivity index (χ0) is 15.5. The summed E-state index contributed by atoms with van der Waals surface area (Å²) in [6.07, 6.45) is 0. The fourth-order valence-corrected chi connectivity index (χ4v) is 4.13. The van der Waals surface area contributed by atoms with E-state index in [4.69, 9.17) is 5.11 Å². The predicted molar refractivity (Wildman–Crippen MR) is 80.4 cm³/mol. The van der Waals surface area contributed by atoms with Crippen molar-refractivity contribution in [1.82, 2.24) is 14.9 Å². The summed E-state index contributed by atoms with van der Waals surface area (Å²) in [5.74, 6) is 5.34. The molecule has 0 radical (unpaired) electrons. The zero-order valence-corrected chi connectivity index (χ0v) is 13.2. The molecule has 0 aliphatic rings. The van der Waals surface area contributed by atoms with Gasteiger partial charge < -0.3 is 5.11 Å². The van der Waals surface area contributed by atoms with Crippen LogP contribution in [0.2, 0.25) is 0 Å². The lowest BCUT2D eigenvalue weighted by Crippen LogP contribution is -2.23. The number of aromatic nitrogens is 2. The lowest BCUT2D eigenvalue weighted by atomic mass is 10.4. The summed E-state index contributed by atoms with van der Waals surface area (Å²) >= 11 is 1.38. The summed E-state index contributed by atoms with van der Waals surface area (Å²) < 4.78 is 27.1. The summed E-state index contributed by atoms with van der Waals surface area (Å²) in [6.45, 7) is 3.31. The van der Waals surface area contributed by atoms with Crippen LogP contribution in [0.25, 0.3) is 0 Å². The van der Waals surface area contributed by atoms with Crippen molar-refractivity contribution >= 4 is 21.4 Å². The Kier molecular flexibility index (Phi) is 4.80. The molecule has 2 aromatic heterocycles. The van der Waals surface area contributed by atoms with Crippen molar-refractivity contribution in [2.24, 2.45) is 0 Å². The number of thiophene rings is 1. The van der Waals surface area contributed by atoms with Crippen LogP contribution in [0.1, 0.15) is 21.1 Å². The number of H-pyrrole nitrogens is 1. The maximum absolute atomic E-state index is 12.3. The lowest BCUT2D eigenvalue weighted by molar-refractivity contribution is 0.350. The largest absolute Gasteiger partial charge is 0.384 e. The molecule has 0 aliphatic carbocycles. The molecule has 6 nitrogen and oxygen atoms in total. The summed E-state index contributed by atoms with van der Waals surface area (Å²) in [6, 6.07) is 3.61. The number of nitrogens with zero attached hydrogens (tertiary/aromatic N) is 1. The Balaban J connectivity index is 2.11. The molecule has 0 aromatic carbocycles. The van der Waals surface area contributed by atoms with Gasteiger partial charge in [-0.25, -0.2) is 13.1 Å². The van der Waals surface area contributed by atoms with Gasteiger partial charge >= 0.3 is 0 Å². The van der Waals surface area contributed by atoms with E-state index in [1.807, 2.05) is 6.07 Å². The number of aliphatic hydroxyl groups is 1. The van der Waals surface area contributed by atoms with Gasteiger partial charge in [0, 0.05) is 11.4 Å². The van der Waals surface area contributed by atoms with Crippen LogP contribution in [-0.4, -0.2) is 30.3 Å². The van der Waals surface area contributed by atoms with Crippen LogP contribution in [0.4, 0.5) is 0 Å². The van der Waals surface area contributed by atoms with E-state index in [9.17, 15) is 8.42 Å². The summed E-state index contributed by atoms with van der Waals surface area (Å²) in [4.78, 5) is 1.83. The molecular weight excluding hydrogens is 310 g/mol. The first kappa shape index (κ1) is 15.7. The number of aliphatic hydroxyl groups excluding tert-OH is 1. The van der Waals surface area contributed by atoms with Crippen molar-refractivity contribution < 1.29 is 13.5 Å². The minimum Gasteiger partial charge on any atom is -0.384 e. The van der Waals surface area contributed by atoms with E-state index in [1.165, 1.54) is 11.3 Å². The van der Waals surface area contributed by atoms with Crippen LogP contribution in [0.3, 0.4) is 0 Å². The predicted octanol–water partition coefficient (Wildman–Crippen LogP) is 0.910. The van der Waals surface area contributed by atoms with Gasteiger partial charge in [-0.1, -0.05) is 11.8 Å². The summed E-state index contributed by atoms with van der Waals surface area (Å²) in [7, 11) is -3.60. The van der Waals surface area contributed by atoms with Crippen molar-refractivity contribution in [3.05, 3.63) is 33.3 Å². The maximum atomic E-state index is 12.3. The first-order valence-electron chi connectivity index (χ1n) is 6.13. The highest BCUT2D eigenvalue weighted by Crippen LogP contribution is 2.19. The molecule has 8 heteroatoms. The Morgan fingerprint density at radius 3 is 2.81 bits per heavy atom.